The van der Waals surface area contributed by atoms with Crippen molar-refractivity contribution in [2.24, 2.45) is 5.92 Å². The second-order valence-electron chi connectivity index (χ2n) is 6.73. The minimum Gasteiger partial charge on any atom is -0.306 e. The lowest BCUT2D eigenvalue weighted by Crippen LogP contribution is -2.60. The lowest BCUT2D eigenvalue weighted by molar-refractivity contribution is -0.130. The van der Waals surface area contributed by atoms with Gasteiger partial charge in [-0.2, -0.15) is 0 Å². The van der Waals surface area contributed by atoms with E-state index in [0.717, 1.165) is 24.8 Å². The summed E-state index contributed by atoms with van der Waals surface area (Å²) < 4.78 is 0. The van der Waals surface area contributed by atoms with Crippen molar-refractivity contribution in [1.29, 1.82) is 0 Å². The first-order chi connectivity index (χ1) is 8.65. The van der Waals surface area contributed by atoms with Crippen molar-refractivity contribution < 1.29 is 4.79 Å². The van der Waals surface area contributed by atoms with E-state index in [0.29, 0.717) is 17.9 Å². The van der Waals surface area contributed by atoms with Crippen molar-refractivity contribution in [3.8, 4) is 0 Å². The maximum absolute atomic E-state index is 11.8. The predicted molar refractivity (Wildman–Crippen MR) is 72.6 cm³/mol. The molecule has 0 saturated carbocycles. The largest absolute Gasteiger partial charge is 0.306 e. The number of ketones is 1. The van der Waals surface area contributed by atoms with Gasteiger partial charge in [0.1, 0.15) is 5.78 Å². The normalized spacial score (nSPS) is 43.1. The molecule has 102 valence electrons. The average Bonchev–Trinajstić information content (AvgIpc) is 2.28. The van der Waals surface area contributed by atoms with E-state index in [4.69, 9.17) is 0 Å². The lowest BCUT2D eigenvalue weighted by Gasteiger charge is -2.53. The molecular weight excluding hydrogens is 224 g/mol. The van der Waals surface area contributed by atoms with Crippen LogP contribution in [0.4, 0.5) is 0 Å². The van der Waals surface area contributed by atoms with Crippen LogP contribution >= 0.6 is 0 Å². The third-order valence-corrected chi connectivity index (χ3v) is 5.29. The van der Waals surface area contributed by atoms with Gasteiger partial charge < -0.3 is 4.90 Å². The van der Waals surface area contributed by atoms with E-state index in [2.05, 4.69) is 23.8 Å². The van der Waals surface area contributed by atoms with E-state index in [1.165, 1.54) is 38.8 Å². The number of fused-ring (bicyclic) bond motifs is 2. The first-order valence-corrected chi connectivity index (χ1v) is 7.63. The highest BCUT2D eigenvalue weighted by Crippen LogP contribution is 2.37. The molecule has 4 unspecified atom stereocenters. The molecule has 3 rings (SSSR count). The van der Waals surface area contributed by atoms with E-state index >= 15 is 0 Å². The van der Waals surface area contributed by atoms with Gasteiger partial charge in [0.15, 0.2) is 0 Å². The molecule has 18 heavy (non-hydrogen) atoms. The number of rotatable bonds is 1. The van der Waals surface area contributed by atoms with Crippen LogP contribution in [-0.4, -0.2) is 53.8 Å². The zero-order valence-corrected chi connectivity index (χ0v) is 11.8. The molecule has 3 aliphatic heterocycles. The van der Waals surface area contributed by atoms with E-state index in [-0.39, 0.29) is 0 Å². The lowest BCUT2D eigenvalue weighted by atomic mass is 9.79. The van der Waals surface area contributed by atoms with Gasteiger partial charge in [-0.1, -0.05) is 13.3 Å². The Labute approximate surface area is 111 Å². The van der Waals surface area contributed by atoms with E-state index in [1.54, 1.807) is 0 Å². The highest BCUT2D eigenvalue weighted by Gasteiger charge is 2.43. The molecule has 3 heteroatoms. The summed E-state index contributed by atoms with van der Waals surface area (Å²) in [6, 6.07) is 1.87. The Kier molecular flexibility index (Phi) is 3.46. The number of piperidine rings is 3. The van der Waals surface area contributed by atoms with Crippen molar-refractivity contribution in [2.45, 2.75) is 63.6 Å². The summed E-state index contributed by atoms with van der Waals surface area (Å²) in [5, 5.41) is 0. The molecule has 0 aromatic rings. The van der Waals surface area contributed by atoms with Crippen molar-refractivity contribution in [1.82, 2.24) is 9.80 Å². The fourth-order valence-electron chi connectivity index (χ4n) is 4.54. The van der Waals surface area contributed by atoms with Gasteiger partial charge in [0.05, 0.1) is 0 Å². The van der Waals surface area contributed by atoms with Gasteiger partial charge in [0.25, 0.3) is 0 Å². The summed E-state index contributed by atoms with van der Waals surface area (Å²) in [7, 11) is 2.23. The fourth-order valence-corrected chi connectivity index (χ4v) is 4.54. The Morgan fingerprint density at radius 1 is 1.11 bits per heavy atom. The van der Waals surface area contributed by atoms with Gasteiger partial charge in [-0.15, -0.1) is 0 Å². The van der Waals surface area contributed by atoms with Crippen LogP contribution in [0.25, 0.3) is 0 Å². The van der Waals surface area contributed by atoms with Crippen molar-refractivity contribution in [3.63, 3.8) is 0 Å². The first kappa shape index (κ1) is 12.6. The Bertz CT molecular complexity index is 314. The third kappa shape index (κ3) is 2.23. The molecule has 0 aromatic carbocycles. The van der Waals surface area contributed by atoms with Crippen LogP contribution in [0, 0.1) is 5.92 Å². The molecule has 3 nitrogen and oxygen atoms in total. The van der Waals surface area contributed by atoms with Gasteiger partial charge in [-0.25, -0.2) is 0 Å². The van der Waals surface area contributed by atoms with E-state index < -0.39 is 0 Å². The Balaban J connectivity index is 1.76. The number of hydrogen-bond donors (Lipinski definition) is 0. The second-order valence-corrected chi connectivity index (χ2v) is 6.73. The van der Waals surface area contributed by atoms with Crippen LogP contribution in [0.5, 0.6) is 0 Å². The van der Waals surface area contributed by atoms with Crippen LogP contribution in [0.2, 0.25) is 0 Å². The highest BCUT2D eigenvalue weighted by atomic mass is 16.1. The molecule has 0 radical (unpaired) electrons. The van der Waals surface area contributed by atoms with Crippen LogP contribution in [-0.2, 0) is 4.79 Å². The van der Waals surface area contributed by atoms with E-state index in [1.807, 2.05) is 0 Å². The number of carbonyl (C=O) groups is 1. The SMILES string of the molecule is CC1CN(C)CCC1N1C2CCCC1CC(=O)C2. The smallest absolute Gasteiger partial charge is 0.136 e. The van der Waals surface area contributed by atoms with Crippen LogP contribution in [0.3, 0.4) is 0 Å². The molecule has 0 amide bonds. The standard InChI is InChI=1S/C15H26N2O/c1-11-10-16(2)7-6-15(11)17-12-4-3-5-13(17)9-14(18)8-12/h11-13,15H,3-10H2,1-2H3. The van der Waals surface area contributed by atoms with Gasteiger partial charge >= 0.3 is 0 Å². The predicted octanol–water partition coefficient (Wildman–Crippen LogP) is 1.91. The molecule has 3 saturated heterocycles. The molecule has 0 spiro atoms. The summed E-state index contributed by atoms with van der Waals surface area (Å²) in [5.74, 6) is 1.27. The summed E-state index contributed by atoms with van der Waals surface area (Å²) in [6.45, 7) is 4.83. The van der Waals surface area contributed by atoms with Crippen molar-refractivity contribution in [3.05, 3.63) is 0 Å². The average molecular weight is 250 g/mol. The number of hydrogen-bond acceptors (Lipinski definition) is 3. The summed E-state index contributed by atoms with van der Waals surface area (Å²) >= 11 is 0. The Morgan fingerprint density at radius 3 is 2.39 bits per heavy atom. The fraction of sp³-hybridized carbons (Fsp3) is 0.933. The summed E-state index contributed by atoms with van der Waals surface area (Å²) in [6.07, 6.45) is 6.78. The topological polar surface area (TPSA) is 23.6 Å². The van der Waals surface area contributed by atoms with Crippen LogP contribution in [0.15, 0.2) is 0 Å². The summed E-state index contributed by atoms with van der Waals surface area (Å²) in [5.41, 5.74) is 0. The third-order valence-electron chi connectivity index (χ3n) is 5.29. The number of carbonyl (C=O) groups excluding carboxylic acids is 1. The molecule has 0 aliphatic carbocycles. The molecule has 0 N–H and O–H groups in total. The van der Waals surface area contributed by atoms with Gasteiger partial charge in [0.2, 0.25) is 0 Å². The molecular formula is C15H26N2O. The van der Waals surface area contributed by atoms with Crippen LogP contribution < -0.4 is 0 Å². The molecule has 3 aliphatic rings. The zero-order chi connectivity index (χ0) is 12.7. The van der Waals surface area contributed by atoms with Gasteiger partial charge in [-0.3, -0.25) is 9.69 Å². The quantitative estimate of drug-likeness (QED) is 0.710. The van der Waals surface area contributed by atoms with Gasteiger partial charge in [0, 0.05) is 37.5 Å². The molecule has 3 fully saturated rings. The number of Topliss-reactive ketones (excluding diaryl/α,β-unsaturated/α-hetero) is 1. The molecule has 3 heterocycles. The minimum absolute atomic E-state index is 0.515. The van der Waals surface area contributed by atoms with Crippen LogP contribution in [0.1, 0.15) is 45.4 Å². The zero-order valence-electron chi connectivity index (χ0n) is 11.8. The van der Waals surface area contributed by atoms with Crippen molar-refractivity contribution in [2.75, 3.05) is 20.1 Å². The molecule has 2 bridgehead atoms. The van der Waals surface area contributed by atoms with E-state index in [9.17, 15) is 4.79 Å². The maximum Gasteiger partial charge on any atom is 0.136 e. The minimum atomic E-state index is 0.515. The first-order valence-electron chi connectivity index (χ1n) is 7.63. The van der Waals surface area contributed by atoms with Gasteiger partial charge in [-0.05, 0) is 38.8 Å². The number of likely N-dealkylation sites (tertiary alicyclic amines) is 1. The Hall–Kier alpha value is -0.410. The maximum atomic E-state index is 11.8. The monoisotopic (exact) mass is 250 g/mol. The molecule has 4 atom stereocenters. The summed E-state index contributed by atoms with van der Waals surface area (Å²) in [4.78, 5) is 17.0. The number of nitrogens with zero attached hydrogens (tertiary/aromatic N) is 2. The molecule has 0 aromatic heterocycles. The van der Waals surface area contributed by atoms with Crippen molar-refractivity contribution >= 4 is 5.78 Å². The second kappa shape index (κ2) is 4.93. The highest BCUT2D eigenvalue weighted by molar-refractivity contribution is 5.80. The Morgan fingerprint density at radius 2 is 1.78 bits per heavy atom.